The first-order valence-corrected chi connectivity index (χ1v) is 5.16. The van der Waals surface area contributed by atoms with E-state index in [9.17, 15) is 4.79 Å². The van der Waals surface area contributed by atoms with Crippen LogP contribution >= 0.6 is 0 Å². The Hall–Kier alpha value is -1.35. The van der Waals surface area contributed by atoms with E-state index in [0.717, 1.165) is 5.56 Å². The molecule has 0 radical (unpaired) electrons. The van der Waals surface area contributed by atoms with E-state index in [1.54, 1.807) is 0 Å². The lowest BCUT2D eigenvalue weighted by Gasteiger charge is -2.07. The van der Waals surface area contributed by atoms with Crippen LogP contribution in [0.25, 0.3) is 0 Å². The normalized spacial score (nSPS) is 12.2. The standard InChI is InChI=1S/C12H18N2O/c1-9-3-5-11(6-4-9)7-12(15)14-8-10(2)13/h3-6,10H,7-8,13H2,1-2H3,(H,14,15). The van der Waals surface area contributed by atoms with Gasteiger partial charge in [-0.05, 0) is 19.4 Å². The molecule has 1 rings (SSSR count). The van der Waals surface area contributed by atoms with Crippen molar-refractivity contribution in [2.24, 2.45) is 5.73 Å². The summed E-state index contributed by atoms with van der Waals surface area (Å²) in [7, 11) is 0. The highest BCUT2D eigenvalue weighted by molar-refractivity contribution is 5.78. The molecule has 0 spiro atoms. The zero-order chi connectivity index (χ0) is 11.3. The van der Waals surface area contributed by atoms with Crippen molar-refractivity contribution in [2.75, 3.05) is 6.54 Å². The molecule has 1 aromatic rings. The molecular weight excluding hydrogens is 188 g/mol. The number of hydrogen-bond acceptors (Lipinski definition) is 2. The lowest BCUT2D eigenvalue weighted by molar-refractivity contribution is -0.120. The van der Waals surface area contributed by atoms with Gasteiger partial charge in [0.25, 0.3) is 0 Å². The zero-order valence-electron chi connectivity index (χ0n) is 9.29. The molecule has 0 aliphatic rings. The number of amides is 1. The van der Waals surface area contributed by atoms with Gasteiger partial charge in [-0.25, -0.2) is 0 Å². The summed E-state index contributed by atoms with van der Waals surface area (Å²) in [4.78, 5) is 11.4. The van der Waals surface area contributed by atoms with Crippen LogP contribution in [0.5, 0.6) is 0 Å². The molecule has 1 amide bonds. The molecule has 1 unspecified atom stereocenters. The maximum Gasteiger partial charge on any atom is 0.224 e. The van der Waals surface area contributed by atoms with Crippen molar-refractivity contribution in [3.8, 4) is 0 Å². The molecule has 15 heavy (non-hydrogen) atoms. The number of carbonyl (C=O) groups excluding carboxylic acids is 1. The minimum atomic E-state index is 0.00645. The summed E-state index contributed by atoms with van der Waals surface area (Å²) in [6.07, 6.45) is 0.424. The van der Waals surface area contributed by atoms with Gasteiger partial charge >= 0.3 is 0 Å². The largest absolute Gasteiger partial charge is 0.354 e. The van der Waals surface area contributed by atoms with Gasteiger partial charge in [0.1, 0.15) is 0 Å². The minimum Gasteiger partial charge on any atom is -0.354 e. The van der Waals surface area contributed by atoms with Crippen molar-refractivity contribution in [3.05, 3.63) is 35.4 Å². The first-order valence-electron chi connectivity index (χ1n) is 5.16. The van der Waals surface area contributed by atoms with Gasteiger partial charge in [0.15, 0.2) is 0 Å². The molecule has 0 aliphatic carbocycles. The van der Waals surface area contributed by atoms with E-state index < -0.39 is 0 Å². The first kappa shape index (κ1) is 11.7. The van der Waals surface area contributed by atoms with Crippen LogP contribution in [0.3, 0.4) is 0 Å². The second kappa shape index (κ2) is 5.51. The Morgan fingerprint density at radius 2 is 2.00 bits per heavy atom. The van der Waals surface area contributed by atoms with Crippen LogP contribution in [0.1, 0.15) is 18.1 Å². The Morgan fingerprint density at radius 1 is 1.40 bits per heavy atom. The van der Waals surface area contributed by atoms with E-state index in [1.807, 2.05) is 38.1 Å². The molecule has 0 fully saturated rings. The summed E-state index contributed by atoms with van der Waals surface area (Å²) in [5.41, 5.74) is 7.77. The Kier molecular flexibility index (Phi) is 4.31. The average molecular weight is 206 g/mol. The lowest BCUT2D eigenvalue weighted by atomic mass is 10.1. The zero-order valence-corrected chi connectivity index (χ0v) is 9.29. The molecule has 0 saturated carbocycles. The first-order chi connectivity index (χ1) is 7.08. The van der Waals surface area contributed by atoms with Crippen molar-refractivity contribution in [3.63, 3.8) is 0 Å². The van der Waals surface area contributed by atoms with E-state index in [4.69, 9.17) is 5.73 Å². The van der Waals surface area contributed by atoms with E-state index in [-0.39, 0.29) is 11.9 Å². The maximum absolute atomic E-state index is 11.4. The lowest BCUT2D eigenvalue weighted by Crippen LogP contribution is -2.35. The predicted octanol–water partition coefficient (Wildman–Crippen LogP) is 1.00. The van der Waals surface area contributed by atoms with Crippen molar-refractivity contribution in [2.45, 2.75) is 26.3 Å². The molecule has 0 heterocycles. The number of nitrogens with one attached hydrogen (secondary N) is 1. The molecule has 3 N–H and O–H groups in total. The van der Waals surface area contributed by atoms with Gasteiger partial charge in [0.2, 0.25) is 5.91 Å². The minimum absolute atomic E-state index is 0.00645. The number of hydrogen-bond donors (Lipinski definition) is 2. The summed E-state index contributed by atoms with van der Waals surface area (Å²) < 4.78 is 0. The topological polar surface area (TPSA) is 55.1 Å². The van der Waals surface area contributed by atoms with Gasteiger partial charge in [-0.1, -0.05) is 29.8 Å². The fourth-order valence-electron chi connectivity index (χ4n) is 1.23. The number of carbonyl (C=O) groups is 1. The van der Waals surface area contributed by atoms with Gasteiger partial charge < -0.3 is 11.1 Å². The van der Waals surface area contributed by atoms with Crippen molar-refractivity contribution in [1.82, 2.24) is 5.32 Å². The van der Waals surface area contributed by atoms with Crippen molar-refractivity contribution < 1.29 is 4.79 Å². The number of nitrogens with two attached hydrogens (primary N) is 1. The van der Waals surface area contributed by atoms with Crippen LogP contribution in [0.15, 0.2) is 24.3 Å². The van der Waals surface area contributed by atoms with E-state index in [2.05, 4.69) is 5.32 Å². The summed E-state index contributed by atoms with van der Waals surface area (Å²) in [5, 5.41) is 2.78. The second-order valence-corrected chi connectivity index (χ2v) is 3.94. The summed E-state index contributed by atoms with van der Waals surface area (Å²) in [6, 6.07) is 7.97. The van der Waals surface area contributed by atoms with Gasteiger partial charge in [-0.3, -0.25) is 4.79 Å². The van der Waals surface area contributed by atoms with E-state index in [0.29, 0.717) is 13.0 Å². The van der Waals surface area contributed by atoms with Gasteiger partial charge in [-0.15, -0.1) is 0 Å². The van der Waals surface area contributed by atoms with Crippen LogP contribution in [0, 0.1) is 6.92 Å². The van der Waals surface area contributed by atoms with Crippen LogP contribution in [-0.4, -0.2) is 18.5 Å². The Balaban J connectivity index is 2.41. The summed E-state index contributed by atoms with van der Waals surface area (Å²) in [5.74, 6) is 0.0242. The Morgan fingerprint density at radius 3 is 2.53 bits per heavy atom. The molecule has 0 saturated heterocycles. The third-order valence-corrected chi connectivity index (χ3v) is 2.11. The molecule has 0 bridgehead atoms. The fourth-order valence-corrected chi connectivity index (χ4v) is 1.23. The molecule has 0 aliphatic heterocycles. The fraction of sp³-hybridized carbons (Fsp3) is 0.417. The summed E-state index contributed by atoms with van der Waals surface area (Å²) in [6.45, 7) is 4.43. The highest BCUT2D eigenvalue weighted by Crippen LogP contribution is 2.03. The maximum atomic E-state index is 11.4. The van der Waals surface area contributed by atoms with Gasteiger partial charge in [-0.2, -0.15) is 0 Å². The number of benzene rings is 1. The molecular formula is C12H18N2O. The SMILES string of the molecule is Cc1ccc(CC(=O)NCC(C)N)cc1. The van der Waals surface area contributed by atoms with Crippen LogP contribution in [0.4, 0.5) is 0 Å². The van der Waals surface area contributed by atoms with Gasteiger partial charge in [0, 0.05) is 12.6 Å². The predicted molar refractivity (Wildman–Crippen MR) is 61.5 cm³/mol. The molecule has 3 heteroatoms. The van der Waals surface area contributed by atoms with Crippen LogP contribution in [-0.2, 0) is 11.2 Å². The van der Waals surface area contributed by atoms with Gasteiger partial charge in [0.05, 0.1) is 6.42 Å². The third kappa shape index (κ3) is 4.61. The molecule has 1 aromatic carbocycles. The van der Waals surface area contributed by atoms with Crippen LogP contribution < -0.4 is 11.1 Å². The molecule has 3 nitrogen and oxygen atoms in total. The Bertz CT molecular complexity index is 317. The Labute approximate surface area is 90.7 Å². The van der Waals surface area contributed by atoms with Crippen molar-refractivity contribution in [1.29, 1.82) is 0 Å². The number of rotatable bonds is 4. The van der Waals surface area contributed by atoms with Crippen LogP contribution in [0.2, 0.25) is 0 Å². The molecule has 0 aromatic heterocycles. The molecule has 1 atom stereocenters. The average Bonchev–Trinajstić information content (AvgIpc) is 2.19. The van der Waals surface area contributed by atoms with E-state index in [1.165, 1.54) is 5.56 Å². The monoisotopic (exact) mass is 206 g/mol. The van der Waals surface area contributed by atoms with Crippen molar-refractivity contribution >= 4 is 5.91 Å². The smallest absolute Gasteiger partial charge is 0.224 e. The third-order valence-electron chi connectivity index (χ3n) is 2.11. The second-order valence-electron chi connectivity index (χ2n) is 3.94. The highest BCUT2D eigenvalue weighted by atomic mass is 16.1. The quantitative estimate of drug-likeness (QED) is 0.772. The highest BCUT2D eigenvalue weighted by Gasteiger charge is 2.03. The summed E-state index contributed by atoms with van der Waals surface area (Å²) >= 11 is 0. The van der Waals surface area contributed by atoms with E-state index >= 15 is 0 Å². The number of aryl methyl sites for hydroxylation is 1. The molecule has 82 valence electrons.